The second-order valence-electron chi connectivity index (χ2n) is 9.63. The van der Waals surface area contributed by atoms with Gasteiger partial charge in [0.05, 0.1) is 13.2 Å². The number of hydrogen-bond donors (Lipinski definition) is 3. The number of thiophene rings is 1. The molecule has 10 nitrogen and oxygen atoms in total. The summed E-state index contributed by atoms with van der Waals surface area (Å²) in [5.41, 5.74) is 3.02. The number of alkyl halides is 9. The molecule has 2 fully saturated rings. The molecule has 254 valence electrons. The number of rotatable bonds is 4. The molecule has 1 unspecified atom stereocenters. The Kier molecular flexibility index (Phi) is 15.2. The van der Waals surface area contributed by atoms with Crippen molar-refractivity contribution in [2.75, 3.05) is 39.4 Å². The average Bonchev–Trinajstić information content (AvgIpc) is 3.51. The van der Waals surface area contributed by atoms with Crippen molar-refractivity contribution in [3.8, 4) is 0 Å². The number of likely N-dealkylation sites (tertiary alicyclic amines) is 1. The van der Waals surface area contributed by atoms with Crippen LogP contribution in [-0.2, 0) is 32.2 Å². The number of hydrogen-bond acceptors (Lipinski definition) is 8. The van der Waals surface area contributed by atoms with Crippen molar-refractivity contribution >= 4 is 29.2 Å². The van der Waals surface area contributed by atoms with E-state index in [0.717, 1.165) is 52.5 Å². The van der Waals surface area contributed by atoms with Crippen LogP contribution in [0.2, 0.25) is 0 Å². The molecular weight excluding hydrogens is 657 g/mol. The van der Waals surface area contributed by atoms with Crippen LogP contribution in [0, 0.1) is 5.41 Å². The Hall–Kier alpha value is -3.49. The smallest absolute Gasteiger partial charge is 0.475 e. The Morgan fingerprint density at radius 2 is 1.31 bits per heavy atom. The number of halogens is 9. The highest BCUT2D eigenvalue weighted by Crippen LogP contribution is 2.34. The fraction of sp³-hybridized carbons (Fsp3) is 0.520. The quantitative estimate of drug-likeness (QED) is 0.386. The van der Waals surface area contributed by atoms with E-state index in [1.165, 1.54) is 17.5 Å². The van der Waals surface area contributed by atoms with Gasteiger partial charge in [0, 0.05) is 50.5 Å². The number of aromatic nitrogens is 1. The highest BCUT2D eigenvalue weighted by molar-refractivity contribution is 7.07. The summed E-state index contributed by atoms with van der Waals surface area (Å²) in [7, 11) is 0. The van der Waals surface area contributed by atoms with Gasteiger partial charge in [-0.3, -0.25) is 14.8 Å². The number of carbonyl (C=O) groups is 3. The summed E-state index contributed by atoms with van der Waals surface area (Å²) in [5, 5.41) is 25.8. The molecule has 0 bridgehead atoms. The third kappa shape index (κ3) is 15.9. The van der Waals surface area contributed by atoms with Crippen LogP contribution >= 0.6 is 11.3 Å². The molecule has 1 atom stereocenters. The molecule has 0 amide bonds. The minimum atomic E-state index is -5.08. The molecule has 2 aliphatic heterocycles. The second-order valence-corrected chi connectivity index (χ2v) is 10.4. The monoisotopic (exact) mass is 685 g/mol. The summed E-state index contributed by atoms with van der Waals surface area (Å²) >= 11 is 1.79. The third-order valence-corrected chi connectivity index (χ3v) is 6.61. The number of ether oxygens (including phenoxy) is 1. The first kappa shape index (κ1) is 39.5. The van der Waals surface area contributed by atoms with Gasteiger partial charge in [-0.25, -0.2) is 14.4 Å². The van der Waals surface area contributed by atoms with Gasteiger partial charge in [0.15, 0.2) is 0 Å². The van der Waals surface area contributed by atoms with Crippen molar-refractivity contribution in [1.29, 1.82) is 0 Å². The number of nitrogens with zero attached hydrogens (tertiary/aromatic N) is 3. The van der Waals surface area contributed by atoms with Crippen molar-refractivity contribution in [2.24, 2.45) is 5.41 Å². The van der Waals surface area contributed by atoms with Gasteiger partial charge in [-0.2, -0.15) is 50.9 Å². The fourth-order valence-corrected chi connectivity index (χ4v) is 4.68. The minimum absolute atomic E-state index is 0.286. The molecule has 0 radical (unpaired) electrons. The van der Waals surface area contributed by atoms with Gasteiger partial charge in [-0.1, -0.05) is 6.07 Å². The van der Waals surface area contributed by atoms with E-state index in [1.54, 1.807) is 11.3 Å². The van der Waals surface area contributed by atoms with Crippen LogP contribution in [0.4, 0.5) is 39.5 Å². The molecule has 0 aliphatic carbocycles. The Balaban J connectivity index is 0.000000396. The highest BCUT2D eigenvalue weighted by atomic mass is 32.1. The normalized spacial score (nSPS) is 19.1. The Labute approximate surface area is 253 Å². The van der Waals surface area contributed by atoms with Gasteiger partial charge in [0.1, 0.15) is 0 Å². The van der Waals surface area contributed by atoms with Crippen molar-refractivity contribution in [1.82, 2.24) is 14.8 Å². The van der Waals surface area contributed by atoms with Crippen molar-refractivity contribution in [3.05, 3.63) is 52.5 Å². The minimum Gasteiger partial charge on any atom is -0.475 e. The summed E-state index contributed by atoms with van der Waals surface area (Å²) in [6, 6.07) is 6.44. The summed E-state index contributed by atoms with van der Waals surface area (Å²) < 4.78 is 101. The van der Waals surface area contributed by atoms with E-state index in [0.29, 0.717) is 0 Å². The second kappa shape index (κ2) is 17.3. The molecule has 2 aromatic heterocycles. The summed E-state index contributed by atoms with van der Waals surface area (Å²) in [6.07, 6.45) is -10.2. The van der Waals surface area contributed by atoms with E-state index in [9.17, 15) is 39.5 Å². The third-order valence-electron chi connectivity index (χ3n) is 5.88. The maximum absolute atomic E-state index is 10.6. The summed E-state index contributed by atoms with van der Waals surface area (Å²) in [4.78, 5) is 36.1. The van der Waals surface area contributed by atoms with E-state index in [4.69, 9.17) is 34.4 Å². The van der Waals surface area contributed by atoms with Crippen LogP contribution in [-0.4, -0.2) is 106 Å². The maximum Gasteiger partial charge on any atom is 0.490 e. The van der Waals surface area contributed by atoms with E-state index in [-0.39, 0.29) is 5.41 Å². The molecular formula is C25H28F9N3O7S. The van der Waals surface area contributed by atoms with Crippen LogP contribution in [0.5, 0.6) is 0 Å². The van der Waals surface area contributed by atoms with Gasteiger partial charge < -0.3 is 20.1 Å². The topological polar surface area (TPSA) is 140 Å². The zero-order valence-electron chi connectivity index (χ0n) is 23.0. The highest BCUT2D eigenvalue weighted by Gasteiger charge is 2.41. The lowest BCUT2D eigenvalue weighted by Crippen LogP contribution is -2.40. The van der Waals surface area contributed by atoms with E-state index in [2.05, 4.69) is 37.7 Å². The largest absolute Gasteiger partial charge is 0.490 e. The number of pyridine rings is 1. The molecule has 45 heavy (non-hydrogen) atoms. The van der Waals surface area contributed by atoms with E-state index in [1.807, 2.05) is 18.5 Å². The van der Waals surface area contributed by atoms with Gasteiger partial charge in [0.25, 0.3) is 0 Å². The average molecular weight is 686 g/mol. The molecule has 20 heteroatoms. The molecule has 0 aromatic carbocycles. The number of carboxylic acid groups (broad SMARTS) is 3. The van der Waals surface area contributed by atoms with Crippen LogP contribution in [0.15, 0.2) is 41.4 Å². The van der Waals surface area contributed by atoms with Crippen LogP contribution in [0.25, 0.3) is 0 Å². The molecule has 2 aromatic rings. The standard InChI is InChI=1S/C19H25N3OS.3C2HF3O2/c1-2-17(10-20-5-1)11-21-6-4-19(14-21)15-22(7-8-23-16-19)12-18-3-9-24-13-18;3*3-2(4,5)1(6)7/h1-3,5,9-10,13H,4,6-8,11-12,14-16H2;3*(H,6,7). The number of carboxylic acids is 3. The molecule has 1 spiro atoms. The molecule has 4 rings (SSSR count). The summed E-state index contributed by atoms with van der Waals surface area (Å²) in [6.45, 7) is 8.28. The number of aliphatic carboxylic acids is 3. The molecule has 3 N–H and O–H groups in total. The van der Waals surface area contributed by atoms with Crippen molar-refractivity contribution < 1.29 is 74.0 Å². The van der Waals surface area contributed by atoms with Crippen LogP contribution in [0.3, 0.4) is 0 Å². The van der Waals surface area contributed by atoms with E-state index < -0.39 is 36.4 Å². The first-order chi connectivity index (χ1) is 20.6. The van der Waals surface area contributed by atoms with Gasteiger partial charge in [-0.15, -0.1) is 0 Å². The van der Waals surface area contributed by atoms with Crippen LogP contribution < -0.4 is 0 Å². The Morgan fingerprint density at radius 1 is 0.822 bits per heavy atom. The lowest BCUT2D eigenvalue weighted by atomic mass is 9.87. The zero-order chi connectivity index (χ0) is 34.5. The van der Waals surface area contributed by atoms with Crippen molar-refractivity contribution in [2.45, 2.75) is 38.0 Å². The van der Waals surface area contributed by atoms with Crippen molar-refractivity contribution in [3.63, 3.8) is 0 Å². The SMILES string of the molecule is O=C(O)C(F)(F)F.O=C(O)C(F)(F)F.O=C(O)C(F)(F)F.c1cncc(CN2CCC3(COCCN(Cc4ccsc4)C3)C2)c1. The Bertz CT molecular complexity index is 1140. The summed E-state index contributed by atoms with van der Waals surface area (Å²) in [5.74, 6) is -8.27. The predicted molar refractivity (Wildman–Crippen MR) is 138 cm³/mol. The lowest BCUT2D eigenvalue weighted by molar-refractivity contribution is -0.193. The predicted octanol–water partition coefficient (Wildman–Crippen LogP) is 4.77. The van der Waals surface area contributed by atoms with Gasteiger partial charge in [-0.05, 0) is 47.0 Å². The van der Waals surface area contributed by atoms with Gasteiger partial charge >= 0.3 is 36.4 Å². The molecule has 2 aliphatic rings. The fourth-order valence-electron chi connectivity index (χ4n) is 4.02. The first-order valence-corrected chi connectivity index (χ1v) is 13.4. The van der Waals surface area contributed by atoms with E-state index >= 15 is 0 Å². The zero-order valence-corrected chi connectivity index (χ0v) is 23.8. The van der Waals surface area contributed by atoms with Gasteiger partial charge in [0.2, 0.25) is 0 Å². The maximum atomic E-state index is 10.6. The molecule has 2 saturated heterocycles. The van der Waals surface area contributed by atoms with Crippen LogP contribution in [0.1, 0.15) is 17.5 Å². The Morgan fingerprint density at radius 3 is 1.73 bits per heavy atom. The molecule has 4 heterocycles. The first-order valence-electron chi connectivity index (χ1n) is 12.5. The molecule has 0 saturated carbocycles. The lowest BCUT2D eigenvalue weighted by Gasteiger charge is -2.32.